The summed E-state index contributed by atoms with van der Waals surface area (Å²) in [4.78, 5) is 60.7. The number of β-amino-alcohol motifs (C(OH)–C–C–N with tert-alkyl or cyclic N) is 1. The van der Waals surface area contributed by atoms with E-state index in [2.05, 4.69) is 23.2 Å². The number of aliphatic hydroxyl groups is 3. The number of para-hydroxylation sites is 1. The van der Waals surface area contributed by atoms with Crippen LogP contribution in [0.1, 0.15) is 85.6 Å². The predicted octanol–water partition coefficient (Wildman–Crippen LogP) is 4.02. The van der Waals surface area contributed by atoms with Gasteiger partial charge in [0.1, 0.15) is 36.6 Å². The summed E-state index contributed by atoms with van der Waals surface area (Å²) < 4.78 is 49.0. The quantitative estimate of drug-likeness (QED) is 0.0993. The SMILES string of the molecule is CCOC(=O)[C@H]1[C@H](C)O[C@@H](O[C@H]2[C@H](N(C)C)[C@@H](O)[C@H](O[C@H]3[C@@H](CC=O)C[C@@H](C)[C@@H](O)CN(C)CC(/C=C/Cc4cccc5cccnc45)CCOC(=O)C[C@@H](OC(=O)CC)[C@@H]3OC)O[C@@H]2C)C[C@]1(C)O. The van der Waals surface area contributed by atoms with E-state index in [4.69, 9.17) is 37.9 Å². The number of aromatic nitrogens is 1. The van der Waals surface area contributed by atoms with Crippen molar-refractivity contribution in [3.8, 4) is 0 Å². The van der Waals surface area contributed by atoms with E-state index in [0.29, 0.717) is 25.9 Å². The Morgan fingerprint density at radius 2 is 1.76 bits per heavy atom. The molecule has 0 radical (unpaired) electrons. The minimum atomic E-state index is -1.54. The molecule has 18 heteroatoms. The van der Waals surface area contributed by atoms with Crippen LogP contribution in [0.5, 0.6) is 0 Å². The molecule has 16 atom stereocenters. The lowest BCUT2D eigenvalue weighted by molar-refractivity contribution is -0.340. The monoisotopic (exact) mass is 986 g/mol. The molecule has 3 fully saturated rings. The molecule has 3 aliphatic heterocycles. The Morgan fingerprint density at radius 1 is 1.01 bits per heavy atom. The lowest BCUT2D eigenvalue weighted by Gasteiger charge is -2.50. The summed E-state index contributed by atoms with van der Waals surface area (Å²) in [6, 6.07) is 9.23. The highest BCUT2D eigenvalue weighted by Crippen LogP contribution is 2.39. The van der Waals surface area contributed by atoms with Gasteiger partial charge in [0.25, 0.3) is 0 Å². The van der Waals surface area contributed by atoms with E-state index in [1.165, 1.54) is 14.0 Å². The lowest BCUT2D eigenvalue weighted by atomic mass is 9.80. The van der Waals surface area contributed by atoms with Crippen molar-refractivity contribution in [2.24, 2.45) is 23.7 Å². The fraction of sp³-hybridized carbons (Fsp3) is 0.712. The summed E-state index contributed by atoms with van der Waals surface area (Å²) in [5.74, 6) is -3.97. The van der Waals surface area contributed by atoms with Crippen LogP contribution in [0, 0.1) is 23.7 Å². The van der Waals surface area contributed by atoms with Crippen LogP contribution in [0.4, 0.5) is 0 Å². The maximum atomic E-state index is 13.8. The van der Waals surface area contributed by atoms with E-state index < -0.39 is 115 Å². The Hall–Kier alpha value is -3.95. The van der Waals surface area contributed by atoms with Crippen LogP contribution >= 0.6 is 0 Å². The van der Waals surface area contributed by atoms with Gasteiger partial charge < -0.3 is 67.8 Å². The Morgan fingerprint density at radius 3 is 2.43 bits per heavy atom. The topological polar surface area (TPSA) is 222 Å². The number of ether oxygens (including phenoxy) is 8. The first-order valence-electron chi connectivity index (χ1n) is 24.8. The number of carbonyl (C=O) groups excluding carboxylic acids is 4. The fourth-order valence-electron chi connectivity index (χ4n) is 10.4. The first-order valence-corrected chi connectivity index (χ1v) is 24.8. The molecule has 4 heterocycles. The molecular weight excluding hydrogens is 907 g/mol. The van der Waals surface area contributed by atoms with E-state index in [1.807, 2.05) is 43.1 Å². The minimum absolute atomic E-state index is 0.0128. The zero-order valence-electron chi connectivity index (χ0n) is 42.7. The van der Waals surface area contributed by atoms with Crippen molar-refractivity contribution in [1.29, 1.82) is 0 Å². The minimum Gasteiger partial charge on any atom is -0.466 e. The number of esters is 3. The molecule has 0 aliphatic carbocycles. The summed E-state index contributed by atoms with van der Waals surface area (Å²) in [6.45, 7) is 11.2. The second-order valence-corrected chi connectivity index (χ2v) is 19.8. The smallest absolute Gasteiger partial charge is 0.314 e. The molecule has 3 aliphatic rings. The van der Waals surface area contributed by atoms with E-state index in [9.17, 15) is 34.5 Å². The van der Waals surface area contributed by atoms with Crippen LogP contribution in [-0.2, 0) is 63.5 Å². The van der Waals surface area contributed by atoms with Crippen molar-refractivity contribution in [3.05, 3.63) is 54.2 Å². The Kier molecular flexibility index (Phi) is 21.7. The average Bonchev–Trinajstić information content (AvgIpc) is 3.29. The maximum absolute atomic E-state index is 13.8. The van der Waals surface area contributed by atoms with Crippen LogP contribution in [0.25, 0.3) is 10.9 Å². The third-order valence-electron chi connectivity index (χ3n) is 14.0. The van der Waals surface area contributed by atoms with E-state index >= 15 is 0 Å². The van der Waals surface area contributed by atoms with Gasteiger partial charge in [-0.2, -0.15) is 0 Å². The number of aldehydes is 1. The van der Waals surface area contributed by atoms with Crippen molar-refractivity contribution in [3.63, 3.8) is 0 Å². The fourth-order valence-corrected chi connectivity index (χ4v) is 10.4. The number of hydrogen-bond donors (Lipinski definition) is 3. The second kappa shape index (κ2) is 26.7. The van der Waals surface area contributed by atoms with Gasteiger partial charge in [0.05, 0.1) is 61.2 Å². The number of fused-ring (bicyclic) bond motifs is 1. The predicted molar refractivity (Wildman–Crippen MR) is 258 cm³/mol. The molecule has 3 N–H and O–H groups in total. The molecule has 1 aromatic heterocycles. The standard InChI is InChI=1S/C52H79N3O15/c1-11-40(58)68-39-27-41(59)65-25-22-34(16-13-17-35-18-14-19-36-20-15-23-53-44(35)36)29-55(9)30-38(57)31(3)26-37(21-24-56)48(49(39)63-10)70-51-46(60)45(54(7)8)47(33(5)67-51)69-42-28-52(6,62)43(32(4)66-42)50(61)64-12-2/h13-16,18-20,23-24,31-34,37-39,42-43,45-49,51,57,60,62H,11-12,17,21-22,25-30H2,1-10H3/b16-13+/t31-,32+,33-,34?,37+,38+,39-,42+,43-,45-,46-,47-,48+,49+,51+,52+/m1/s1. The van der Waals surface area contributed by atoms with Gasteiger partial charge in [0.2, 0.25) is 0 Å². The molecule has 1 unspecified atom stereocenters. The van der Waals surface area contributed by atoms with Crippen LogP contribution in [0.3, 0.4) is 0 Å². The third kappa shape index (κ3) is 15.1. The number of carbonyl (C=O) groups is 4. The maximum Gasteiger partial charge on any atom is 0.314 e. The highest BCUT2D eigenvalue weighted by Gasteiger charge is 2.54. The molecule has 5 rings (SSSR count). The number of methoxy groups -OCH3 is 1. The molecule has 392 valence electrons. The van der Waals surface area contributed by atoms with Crippen LogP contribution < -0.4 is 0 Å². The molecule has 0 bridgehead atoms. The number of likely N-dealkylation sites (N-methyl/N-ethyl adjacent to an activating group) is 2. The molecule has 1 aromatic carbocycles. The molecule has 0 saturated carbocycles. The zero-order chi connectivity index (χ0) is 51.3. The molecule has 2 aromatic rings. The number of nitrogens with zero attached hydrogens (tertiary/aromatic N) is 3. The summed E-state index contributed by atoms with van der Waals surface area (Å²) in [7, 11) is 6.82. The highest BCUT2D eigenvalue weighted by molar-refractivity contribution is 5.81. The van der Waals surface area contributed by atoms with Gasteiger partial charge in [-0.3, -0.25) is 19.4 Å². The zero-order valence-corrected chi connectivity index (χ0v) is 42.7. The van der Waals surface area contributed by atoms with Gasteiger partial charge >= 0.3 is 17.9 Å². The number of hydrogen-bond acceptors (Lipinski definition) is 18. The average molecular weight is 986 g/mol. The van der Waals surface area contributed by atoms with Gasteiger partial charge in [-0.25, -0.2) is 0 Å². The number of aliphatic hydroxyl groups excluding tert-OH is 2. The van der Waals surface area contributed by atoms with Gasteiger partial charge in [-0.1, -0.05) is 50.3 Å². The van der Waals surface area contributed by atoms with Crippen molar-refractivity contribution in [2.75, 3.05) is 54.6 Å². The van der Waals surface area contributed by atoms with Crippen molar-refractivity contribution in [2.45, 2.75) is 160 Å². The highest BCUT2D eigenvalue weighted by atomic mass is 16.7. The van der Waals surface area contributed by atoms with Gasteiger partial charge in [-0.15, -0.1) is 0 Å². The molecule has 18 nitrogen and oxygen atoms in total. The molecular formula is C52H79N3O15. The summed E-state index contributed by atoms with van der Waals surface area (Å²) in [5.41, 5.74) is 0.471. The van der Waals surface area contributed by atoms with Gasteiger partial charge in [0.15, 0.2) is 12.6 Å². The van der Waals surface area contributed by atoms with Crippen molar-refractivity contribution >= 4 is 35.1 Å². The second-order valence-electron chi connectivity index (χ2n) is 19.8. The summed E-state index contributed by atoms with van der Waals surface area (Å²) in [6.07, 6.45) is -3.18. The summed E-state index contributed by atoms with van der Waals surface area (Å²) >= 11 is 0. The Balaban J connectivity index is 1.41. The number of allylic oxidation sites excluding steroid dienone is 1. The van der Waals surface area contributed by atoms with Crippen molar-refractivity contribution < 1.29 is 72.4 Å². The third-order valence-corrected chi connectivity index (χ3v) is 14.0. The molecule has 3 saturated heterocycles. The molecule has 0 spiro atoms. The largest absolute Gasteiger partial charge is 0.466 e. The number of pyridine rings is 1. The van der Waals surface area contributed by atoms with Crippen LogP contribution in [0.15, 0.2) is 48.7 Å². The normalized spacial score (nSPS) is 35.6. The van der Waals surface area contributed by atoms with E-state index in [1.54, 1.807) is 52.9 Å². The summed E-state index contributed by atoms with van der Waals surface area (Å²) in [5, 5.41) is 36.5. The van der Waals surface area contributed by atoms with Crippen LogP contribution in [-0.4, -0.2) is 182 Å². The van der Waals surface area contributed by atoms with Crippen LogP contribution in [0.2, 0.25) is 0 Å². The van der Waals surface area contributed by atoms with Gasteiger partial charge in [-0.05, 0) is 97.5 Å². The number of rotatable bonds is 15. The molecule has 0 amide bonds. The Labute approximate surface area is 413 Å². The lowest BCUT2D eigenvalue weighted by Crippen LogP contribution is -2.65. The first-order chi connectivity index (χ1) is 33.3. The number of benzene rings is 1. The van der Waals surface area contributed by atoms with E-state index in [-0.39, 0.29) is 44.8 Å². The number of cyclic esters (lactones) is 1. The van der Waals surface area contributed by atoms with Gasteiger partial charge in [0, 0.05) is 51.0 Å². The van der Waals surface area contributed by atoms with Crippen molar-refractivity contribution in [1.82, 2.24) is 14.8 Å². The molecule has 70 heavy (non-hydrogen) atoms. The van der Waals surface area contributed by atoms with E-state index in [0.717, 1.165) is 22.8 Å². The Bertz CT molecular complexity index is 2010. The first kappa shape index (κ1) is 57.0.